The number of ketones is 2. The lowest BCUT2D eigenvalue weighted by atomic mass is 9.78. The van der Waals surface area contributed by atoms with Gasteiger partial charge in [-0.1, -0.05) is 11.6 Å². The summed E-state index contributed by atoms with van der Waals surface area (Å²) >= 11 is 6.39. The van der Waals surface area contributed by atoms with Gasteiger partial charge < -0.3 is 19.7 Å². The largest absolute Gasteiger partial charge is 0.507 e. The number of aromatic hydroxyl groups is 2. The minimum absolute atomic E-state index is 0.0265. The predicted octanol–water partition coefficient (Wildman–Crippen LogP) is 4.23. The van der Waals surface area contributed by atoms with E-state index in [2.05, 4.69) is 0 Å². The van der Waals surface area contributed by atoms with Crippen LogP contribution >= 0.6 is 11.6 Å². The van der Waals surface area contributed by atoms with Crippen molar-refractivity contribution in [2.45, 2.75) is 20.0 Å². The number of carbonyl (C=O) groups is 3. The number of benzene rings is 3. The zero-order chi connectivity index (χ0) is 22.4. The van der Waals surface area contributed by atoms with E-state index >= 15 is 0 Å². The maximum absolute atomic E-state index is 13.6. The Hall–Kier alpha value is -3.58. The van der Waals surface area contributed by atoms with Gasteiger partial charge in [0.1, 0.15) is 23.4 Å². The van der Waals surface area contributed by atoms with Crippen LogP contribution in [0.2, 0.25) is 5.02 Å². The van der Waals surface area contributed by atoms with Crippen molar-refractivity contribution in [3.8, 4) is 17.2 Å². The van der Waals surface area contributed by atoms with E-state index in [1.54, 1.807) is 19.9 Å². The molecule has 0 aromatic heterocycles. The average molecular weight is 439 g/mol. The molecule has 3 aromatic carbocycles. The molecule has 0 unspecified atom stereocenters. The van der Waals surface area contributed by atoms with Crippen molar-refractivity contribution in [1.82, 2.24) is 0 Å². The highest BCUT2D eigenvalue weighted by Gasteiger charge is 2.42. The van der Waals surface area contributed by atoms with Gasteiger partial charge in [0.05, 0.1) is 28.8 Å². The van der Waals surface area contributed by atoms with Gasteiger partial charge in [0.2, 0.25) is 5.78 Å². The van der Waals surface area contributed by atoms with Crippen molar-refractivity contribution in [2.24, 2.45) is 0 Å². The van der Waals surface area contributed by atoms with Crippen molar-refractivity contribution in [2.75, 3.05) is 7.11 Å². The highest BCUT2D eigenvalue weighted by molar-refractivity contribution is 6.38. The van der Waals surface area contributed by atoms with Gasteiger partial charge in [0, 0.05) is 22.1 Å². The third-order valence-corrected chi connectivity index (χ3v) is 6.33. The third-order valence-electron chi connectivity index (χ3n) is 5.86. The summed E-state index contributed by atoms with van der Waals surface area (Å²) in [5.41, 5.74) is 0.0659. The van der Waals surface area contributed by atoms with Gasteiger partial charge in [-0.05, 0) is 43.0 Å². The number of halogens is 1. The van der Waals surface area contributed by atoms with Crippen molar-refractivity contribution in [1.29, 1.82) is 0 Å². The van der Waals surface area contributed by atoms with Crippen LogP contribution in [-0.2, 0) is 4.74 Å². The Morgan fingerprint density at radius 2 is 1.71 bits per heavy atom. The number of hydrogen-bond acceptors (Lipinski definition) is 7. The zero-order valence-electron chi connectivity index (χ0n) is 16.6. The molecule has 0 bridgehead atoms. The first-order valence-electron chi connectivity index (χ1n) is 9.40. The predicted molar refractivity (Wildman–Crippen MR) is 111 cm³/mol. The first-order chi connectivity index (χ1) is 14.7. The lowest BCUT2D eigenvalue weighted by molar-refractivity contribution is 0.0420. The van der Waals surface area contributed by atoms with Gasteiger partial charge in [-0.3, -0.25) is 9.59 Å². The highest BCUT2D eigenvalue weighted by atomic mass is 35.5. The highest BCUT2D eigenvalue weighted by Crippen LogP contribution is 2.48. The van der Waals surface area contributed by atoms with Crippen LogP contribution < -0.4 is 4.74 Å². The molecule has 0 saturated carbocycles. The number of methoxy groups -OCH3 is 1. The molecule has 1 aliphatic carbocycles. The minimum atomic E-state index is -0.774. The van der Waals surface area contributed by atoms with E-state index in [1.165, 1.54) is 19.2 Å². The summed E-state index contributed by atoms with van der Waals surface area (Å²) in [6, 6.07) is 4.29. The average Bonchev–Trinajstić information content (AvgIpc) is 3.00. The van der Waals surface area contributed by atoms with E-state index in [4.69, 9.17) is 21.1 Å². The normalized spacial score (nSPS) is 16.8. The quantitative estimate of drug-likeness (QED) is 0.428. The van der Waals surface area contributed by atoms with Gasteiger partial charge in [-0.25, -0.2) is 4.79 Å². The molecule has 8 heteroatoms. The van der Waals surface area contributed by atoms with Crippen LogP contribution in [-0.4, -0.2) is 34.9 Å². The molecule has 31 heavy (non-hydrogen) atoms. The standard InChI is InChI=1S/C23H15ClO7/c1-7-4-9-5-12(25)16-17(14(9)22(30-3)18(7)24)19(26)10-6-11-13(8(2)31-23(11)29)20(27)15(10)21(16)28/h4-6,8,25,27H,1-3H3/t8-/m0/s1. The molecule has 1 heterocycles. The smallest absolute Gasteiger partial charge is 0.339 e. The molecule has 156 valence electrons. The number of cyclic esters (lactones) is 1. The Kier molecular flexibility index (Phi) is 3.89. The second-order valence-corrected chi connectivity index (χ2v) is 7.98. The van der Waals surface area contributed by atoms with Crippen molar-refractivity contribution < 1.29 is 34.1 Å². The molecule has 1 aliphatic heterocycles. The number of ether oxygens (including phenoxy) is 2. The molecule has 7 nitrogen and oxygen atoms in total. The van der Waals surface area contributed by atoms with Gasteiger partial charge in [-0.2, -0.15) is 0 Å². The van der Waals surface area contributed by atoms with Crippen LogP contribution in [0.5, 0.6) is 17.2 Å². The number of phenols is 2. The Labute approximate surface area is 180 Å². The second-order valence-electron chi connectivity index (χ2n) is 7.60. The van der Waals surface area contributed by atoms with Crippen molar-refractivity contribution >= 4 is 39.9 Å². The fourth-order valence-electron chi connectivity index (χ4n) is 4.50. The minimum Gasteiger partial charge on any atom is -0.507 e. The summed E-state index contributed by atoms with van der Waals surface area (Å²) in [5.74, 6) is -2.79. The molecule has 5 rings (SSSR count). The fourth-order valence-corrected chi connectivity index (χ4v) is 4.72. The summed E-state index contributed by atoms with van der Waals surface area (Å²) in [4.78, 5) is 39.2. The molecule has 3 aromatic rings. The lowest BCUT2D eigenvalue weighted by Gasteiger charge is -2.23. The van der Waals surface area contributed by atoms with Gasteiger partial charge >= 0.3 is 5.97 Å². The first-order valence-corrected chi connectivity index (χ1v) is 9.78. The number of aryl methyl sites for hydroxylation is 1. The third kappa shape index (κ3) is 2.32. The van der Waals surface area contributed by atoms with E-state index in [0.29, 0.717) is 10.9 Å². The van der Waals surface area contributed by atoms with Crippen LogP contribution in [0, 0.1) is 6.92 Å². The molecular formula is C23H15ClO7. The number of hydrogen-bond donors (Lipinski definition) is 2. The molecule has 2 N–H and O–H groups in total. The van der Waals surface area contributed by atoms with Crippen molar-refractivity contribution in [3.63, 3.8) is 0 Å². The van der Waals surface area contributed by atoms with E-state index in [1.807, 2.05) is 0 Å². The van der Waals surface area contributed by atoms with Crippen LogP contribution in [0.4, 0.5) is 0 Å². The number of rotatable bonds is 1. The van der Waals surface area contributed by atoms with Gasteiger partial charge in [-0.15, -0.1) is 0 Å². The maximum atomic E-state index is 13.6. The fraction of sp³-hybridized carbons (Fsp3) is 0.174. The monoisotopic (exact) mass is 438 g/mol. The Morgan fingerprint density at radius 1 is 1.00 bits per heavy atom. The number of esters is 1. The van der Waals surface area contributed by atoms with E-state index in [0.717, 1.165) is 0 Å². The molecule has 0 spiro atoms. The molecule has 0 saturated heterocycles. The Bertz CT molecular complexity index is 1400. The number of fused-ring (bicyclic) bond motifs is 5. The Morgan fingerprint density at radius 3 is 2.39 bits per heavy atom. The molecule has 2 aliphatic rings. The molecular weight excluding hydrogens is 424 g/mol. The molecule has 0 amide bonds. The van der Waals surface area contributed by atoms with Crippen molar-refractivity contribution in [3.05, 3.63) is 62.2 Å². The number of carbonyl (C=O) groups excluding carboxylic acids is 3. The summed E-state index contributed by atoms with van der Waals surface area (Å²) < 4.78 is 10.6. The SMILES string of the molecule is COc1c(Cl)c(C)cc2cc(O)c3c(c12)C(=O)c1cc2c(c(O)c1C3=O)[C@H](C)OC2=O. The van der Waals surface area contributed by atoms with E-state index < -0.39 is 35.1 Å². The second kappa shape index (κ2) is 6.21. The van der Waals surface area contributed by atoms with Crippen LogP contribution in [0.1, 0.15) is 66.4 Å². The maximum Gasteiger partial charge on any atom is 0.339 e. The summed E-state index contributed by atoms with van der Waals surface area (Å²) in [5, 5.41) is 22.5. The Balaban J connectivity index is 1.93. The van der Waals surface area contributed by atoms with E-state index in [9.17, 15) is 24.6 Å². The van der Waals surface area contributed by atoms with Crippen LogP contribution in [0.15, 0.2) is 18.2 Å². The van der Waals surface area contributed by atoms with Crippen LogP contribution in [0.25, 0.3) is 10.8 Å². The summed E-state index contributed by atoms with van der Waals surface area (Å²) in [7, 11) is 1.39. The van der Waals surface area contributed by atoms with Crippen LogP contribution in [0.3, 0.4) is 0 Å². The summed E-state index contributed by atoms with van der Waals surface area (Å²) in [6.45, 7) is 3.30. The number of phenolic OH excluding ortho intramolecular Hbond substituents is 2. The molecule has 0 radical (unpaired) electrons. The molecule has 1 atom stereocenters. The van der Waals surface area contributed by atoms with Gasteiger partial charge in [0.25, 0.3) is 0 Å². The molecule has 0 fully saturated rings. The first kappa shape index (κ1) is 19.4. The van der Waals surface area contributed by atoms with Gasteiger partial charge in [0.15, 0.2) is 5.78 Å². The topological polar surface area (TPSA) is 110 Å². The summed E-state index contributed by atoms with van der Waals surface area (Å²) in [6.07, 6.45) is -0.774. The van der Waals surface area contributed by atoms with E-state index in [-0.39, 0.29) is 49.5 Å². The lowest BCUT2D eigenvalue weighted by Crippen LogP contribution is -2.23. The zero-order valence-corrected chi connectivity index (χ0v) is 17.4.